The Morgan fingerprint density at radius 3 is 2.91 bits per heavy atom. The molecule has 0 aliphatic rings. The third-order valence-corrected chi connectivity index (χ3v) is 1.43. The van der Waals surface area contributed by atoms with Crippen molar-refractivity contribution in [2.45, 2.75) is 13.5 Å². The number of hydrogen-bond donors (Lipinski definition) is 1. The number of ether oxygens (including phenoxy) is 1. The lowest BCUT2D eigenvalue weighted by Gasteiger charge is -1.99. The Kier molecular flexibility index (Phi) is 2.48. The smallest absolute Gasteiger partial charge is 0.142 e. The van der Waals surface area contributed by atoms with Crippen LogP contribution in [0.1, 0.15) is 12.7 Å². The monoisotopic (exact) mass is 155 g/mol. The molecule has 0 spiro atoms. The Bertz CT molecular complexity index is 232. The van der Waals surface area contributed by atoms with Gasteiger partial charge in [-0.05, 0) is 6.92 Å². The lowest BCUT2D eigenvalue weighted by molar-refractivity contribution is 0.126. The lowest BCUT2D eigenvalue weighted by Crippen LogP contribution is -2.00. The van der Waals surface area contributed by atoms with Gasteiger partial charge in [0.15, 0.2) is 0 Å². The standard InChI is InChI=1S/C7H13N3O/c1-3-11-5-7-9-6(8)4-10(7)2/h4H,3,5,8H2,1-2H3. The molecule has 1 rings (SSSR count). The van der Waals surface area contributed by atoms with Crippen LogP contribution < -0.4 is 5.73 Å². The Hall–Kier alpha value is -1.03. The van der Waals surface area contributed by atoms with E-state index in [9.17, 15) is 0 Å². The minimum Gasteiger partial charge on any atom is -0.382 e. The summed E-state index contributed by atoms with van der Waals surface area (Å²) in [5, 5.41) is 0. The molecule has 0 amide bonds. The Balaban J connectivity index is 2.62. The van der Waals surface area contributed by atoms with Crippen LogP contribution in [0.3, 0.4) is 0 Å². The van der Waals surface area contributed by atoms with Gasteiger partial charge in [0.1, 0.15) is 18.2 Å². The van der Waals surface area contributed by atoms with Crippen LogP contribution in [0.2, 0.25) is 0 Å². The number of nitrogens with zero attached hydrogens (tertiary/aromatic N) is 2. The molecule has 0 aromatic carbocycles. The first-order valence-electron chi connectivity index (χ1n) is 3.59. The van der Waals surface area contributed by atoms with Gasteiger partial charge in [-0.3, -0.25) is 0 Å². The topological polar surface area (TPSA) is 53.1 Å². The second-order valence-corrected chi connectivity index (χ2v) is 2.33. The summed E-state index contributed by atoms with van der Waals surface area (Å²) < 4.78 is 7.04. The van der Waals surface area contributed by atoms with E-state index < -0.39 is 0 Å². The highest BCUT2D eigenvalue weighted by Crippen LogP contribution is 2.03. The number of aromatic nitrogens is 2. The molecule has 0 aliphatic carbocycles. The van der Waals surface area contributed by atoms with E-state index in [-0.39, 0.29) is 0 Å². The molecular weight excluding hydrogens is 142 g/mol. The first-order chi connectivity index (χ1) is 5.24. The van der Waals surface area contributed by atoms with Gasteiger partial charge in [0.2, 0.25) is 0 Å². The summed E-state index contributed by atoms with van der Waals surface area (Å²) in [6, 6.07) is 0. The number of hydrogen-bond acceptors (Lipinski definition) is 3. The number of nitrogens with two attached hydrogens (primary N) is 1. The van der Waals surface area contributed by atoms with Gasteiger partial charge in [0.05, 0.1) is 0 Å². The van der Waals surface area contributed by atoms with Crippen LogP contribution in [0, 0.1) is 0 Å². The van der Waals surface area contributed by atoms with E-state index in [1.54, 1.807) is 6.20 Å². The fourth-order valence-corrected chi connectivity index (χ4v) is 0.857. The van der Waals surface area contributed by atoms with E-state index in [4.69, 9.17) is 10.5 Å². The van der Waals surface area contributed by atoms with Gasteiger partial charge in [0.25, 0.3) is 0 Å². The predicted octanol–water partition coefficient (Wildman–Crippen LogP) is 0.539. The van der Waals surface area contributed by atoms with Crippen molar-refractivity contribution in [2.24, 2.45) is 7.05 Å². The van der Waals surface area contributed by atoms with Crippen LogP contribution in [0.4, 0.5) is 5.82 Å². The number of imidazole rings is 1. The molecule has 0 atom stereocenters. The third-order valence-electron chi connectivity index (χ3n) is 1.43. The molecule has 2 N–H and O–H groups in total. The predicted molar refractivity (Wildman–Crippen MR) is 43.0 cm³/mol. The lowest BCUT2D eigenvalue weighted by atomic mass is 10.6. The molecule has 0 unspecified atom stereocenters. The van der Waals surface area contributed by atoms with Crippen LogP contribution in [-0.4, -0.2) is 16.2 Å². The van der Waals surface area contributed by atoms with Crippen LogP contribution >= 0.6 is 0 Å². The van der Waals surface area contributed by atoms with Gasteiger partial charge in [-0.25, -0.2) is 4.98 Å². The summed E-state index contributed by atoms with van der Waals surface area (Å²) in [6.07, 6.45) is 1.77. The van der Waals surface area contributed by atoms with Crippen LogP contribution in [0.25, 0.3) is 0 Å². The molecule has 0 saturated heterocycles. The molecule has 0 saturated carbocycles. The summed E-state index contributed by atoms with van der Waals surface area (Å²) in [5.41, 5.74) is 5.46. The maximum atomic E-state index is 5.46. The molecule has 4 heteroatoms. The molecule has 11 heavy (non-hydrogen) atoms. The van der Waals surface area contributed by atoms with Crippen molar-refractivity contribution < 1.29 is 4.74 Å². The fourth-order valence-electron chi connectivity index (χ4n) is 0.857. The van der Waals surface area contributed by atoms with Gasteiger partial charge in [-0.2, -0.15) is 0 Å². The zero-order valence-corrected chi connectivity index (χ0v) is 6.87. The third kappa shape index (κ3) is 1.94. The van der Waals surface area contributed by atoms with Crippen LogP contribution in [-0.2, 0) is 18.4 Å². The SMILES string of the molecule is CCOCc1nc(N)cn1C. The van der Waals surface area contributed by atoms with Gasteiger partial charge in [-0.15, -0.1) is 0 Å². The Morgan fingerprint density at radius 2 is 2.45 bits per heavy atom. The molecule has 1 aromatic rings. The largest absolute Gasteiger partial charge is 0.382 e. The first-order valence-corrected chi connectivity index (χ1v) is 3.59. The van der Waals surface area contributed by atoms with Gasteiger partial charge in [-0.1, -0.05) is 0 Å². The zero-order chi connectivity index (χ0) is 8.27. The molecule has 1 aromatic heterocycles. The molecule has 0 radical (unpaired) electrons. The number of anilines is 1. The Labute approximate surface area is 66.0 Å². The van der Waals surface area contributed by atoms with E-state index in [1.807, 2.05) is 18.5 Å². The normalized spacial score (nSPS) is 10.4. The molecular formula is C7H13N3O. The number of rotatable bonds is 3. The molecule has 62 valence electrons. The maximum Gasteiger partial charge on any atom is 0.142 e. The van der Waals surface area contributed by atoms with Crippen molar-refractivity contribution in [3.05, 3.63) is 12.0 Å². The van der Waals surface area contributed by atoms with Gasteiger partial charge in [0, 0.05) is 19.9 Å². The molecule has 0 aliphatic heterocycles. The highest BCUT2D eigenvalue weighted by molar-refractivity contribution is 5.25. The van der Waals surface area contributed by atoms with Crippen molar-refractivity contribution in [1.29, 1.82) is 0 Å². The molecule has 4 nitrogen and oxygen atoms in total. The van der Waals surface area contributed by atoms with Crippen molar-refractivity contribution >= 4 is 5.82 Å². The molecule has 0 fully saturated rings. The van der Waals surface area contributed by atoms with Crippen molar-refractivity contribution in [2.75, 3.05) is 12.3 Å². The van der Waals surface area contributed by atoms with E-state index in [1.165, 1.54) is 0 Å². The van der Waals surface area contributed by atoms with Crippen molar-refractivity contribution in [3.8, 4) is 0 Å². The molecule has 0 bridgehead atoms. The van der Waals surface area contributed by atoms with E-state index >= 15 is 0 Å². The maximum absolute atomic E-state index is 5.46. The average Bonchev–Trinajstić information content (AvgIpc) is 2.26. The summed E-state index contributed by atoms with van der Waals surface area (Å²) in [6.45, 7) is 3.18. The summed E-state index contributed by atoms with van der Waals surface area (Å²) in [5.74, 6) is 1.41. The first kappa shape index (κ1) is 8.07. The minimum atomic E-state index is 0.532. The summed E-state index contributed by atoms with van der Waals surface area (Å²) in [4.78, 5) is 4.06. The molecule has 1 heterocycles. The fraction of sp³-hybridized carbons (Fsp3) is 0.571. The van der Waals surface area contributed by atoms with Crippen molar-refractivity contribution in [3.63, 3.8) is 0 Å². The van der Waals surface area contributed by atoms with E-state index in [2.05, 4.69) is 4.98 Å². The van der Waals surface area contributed by atoms with E-state index in [0.717, 1.165) is 5.82 Å². The zero-order valence-electron chi connectivity index (χ0n) is 6.87. The highest BCUT2D eigenvalue weighted by atomic mass is 16.5. The summed E-state index contributed by atoms with van der Waals surface area (Å²) in [7, 11) is 1.90. The average molecular weight is 155 g/mol. The highest BCUT2D eigenvalue weighted by Gasteiger charge is 2.00. The van der Waals surface area contributed by atoms with Crippen LogP contribution in [0.5, 0.6) is 0 Å². The second-order valence-electron chi connectivity index (χ2n) is 2.33. The van der Waals surface area contributed by atoms with Crippen LogP contribution in [0.15, 0.2) is 6.20 Å². The van der Waals surface area contributed by atoms with Crippen molar-refractivity contribution in [1.82, 2.24) is 9.55 Å². The summed E-state index contributed by atoms with van der Waals surface area (Å²) >= 11 is 0. The minimum absolute atomic E-state index is 0.532. The van der Waals surface area contributed by atoms with E-state index in [0.29, 0.717) is 19.0 Å². The number of aryl methyl sites for hydroxylation is 1. The Morgan fingerprint density at radius 1 is 1.73 bits per heavy atom. The number of nitrogen functional groups attached to an aromatic ring is 1. The quantitative estimate of drug-likeness (QED) is 0.693. The van der Waals surface area contributed by atoms with Gasteiger partial charge >= 0.3 is 0 Å². The second kappa shape index (κ2) is 3.39. The van der Waals surface area contributed by atoms with Gasteiger partial charge < -0.3 is 15.0 Å².